The highest BCUT2D eigenvalue weighted by atomic mass is 16.6. The average molecular weight is 879 g/mol. The molecule has 0 bridgehead atoms. The van der Waals surface area contributed by atoms with Crippen LogP contribution in [0.4, 0.5) is 0 Å². The van der Waals surface area contributed by atoms with E-state index in [9.17, 15) is 14.4 Å². The fourth-order valence-electron chi connectivity index (χ4n) is 7.23. The molecule has 6 heteroatoms. The predicted molar refractivity (Wildman–Crippen MR) is 270 cm³/mol. The van der Waals surface area contributed by atoms with Crippen LogP contribution in [0, 0.1) is 0 Å². The zero-order chi connectivity index (χ0) is 45.8. The Labute approximate surface area is 389 Å². The minimum atomic E-state index is -0.789. The van der Waals surface area contributed by atoms with Crippen LogP contribution in [-0.4, -0.2) is 37.2 Å². The van der Waals surface area contributed by atoms with E-state index in [4.69, 9.17) is 14.2 Å². The Morgan fingerprint density at radius 3 is 1.00 bits per heavy atom. The van der Waals surface area contributed by atoms with Crippen molar-refractivity contribution in [2.75, 3.05) is 13.2 Å². The number of rotatable bonds is 47. The van der Waals surface area contributed by atoms with Gasteiger partial charge in [-0.1, -0.05) is 216 Å². The zero-order valence-electron chi connectivity index (χ0n) is 41.3. The molecule has 0 aromatic rings. The standard InChI is InChI=1S/C57H98O6/c1-4-7-10-13-16-19-22-24-26-27-28-29-31-33-36-38-41-44-47-50-56(59)62-53-54(63-57(60)51-48-45-42-39-34-21-18-15-12-9-6-3)52-61-55(58)49-46-43-40-37-35-32-30-25-23-20-17-14-11-8-5-2/h7,10,16,19,24-26,28-30,33,36,54H,4-6,8-9,11-15,17-18,20-23,27,31-32,34-35,37-53H2,1-3H3/b10-7-,19-16-,26-24-,29-28-,30-25-,36-33-/t54-/m0/s1. The Morgan fingerprint density at radius 1 is 0.333 bits per heavy atom. The average Bonchev–Trinajstić information content (AvgIpc) is 3.28. The summed E-state index contributed by atoms with van der Waals surface area (Å²) in [6.45, 7) is 6.48. The van der Waals surface area contributed by atoms with Gasteiger partial charge in [0.25, 0.3) is 0 Å². The van der Waals surface area contributed by atoms with Gasteiger partial charge in [-0.15, -0.1) is 0 Å². The second-order valence-corrected chi connectivity index (χ2v) is 17.4. The Balaban J connectivity index is 4.41. The van der Waals surface area contributed by atoms with Gasteiger partial charge in [0.05, 0.1) is 0 Å². The number of hydrogen-bond acceptors (Lipinski definition) is 6. The molecule has 0 aliphatic carbocycles. The van der Waals surface area contributed by atoms with E-state index < -0.39 is 6.10 Å². The van der Waals surface area contributed by atoms with Gasteiger partial charge in [-0.3, -0.25) is 14.4 Å². The normalized spacial score (nSPS) is 12.6. The van der Waals surface area contributed by atoms with Crippen LogP contribution in [0.15, 0.2) is 72.9 Å². The highest BCUT2D eigenvalue weighted by Gasteiger charge is 2.19. The molecule has 0 heterocycles. The first-order chi connectivity index (χ1) is 31.0. The maximum Gasteiger partial charge on any atom is 0.306 e. The molecule has 6 nitrogen and oxygen atoms in total. The van der Waals surface area contributed by atoms with Crippen molar-refractivity contribution in [3.8, 4) is 0 Å². The number of carbonyl (C=O) groups is 3. The smallest absolute Gasteiger partial charge is 0.306 e. The Hall–Kier alpha value is -3.15. The summed E-state index contributed by atoms with van der Waals surface area (Å²) < 4.78 is 16.8. The molecule has 362 valence electrons. The van der Waals surface area contributed by atoms with Gasteiger partial charge >= 0.3 is 17.9 Å². The minimum Gasteiger partial charge on any atom is -0.462 e. The summed E-state index contributed by atoms with van der Waals surface area (Å²) in [7, 11) is 0. The van der Waals surface area contributed by atoms with Crippen LogP contribution in [0.25, 0.3) is 0 Å². The summed E-state index contributed by atoms with van der Waals surface area (Å²) in [5.74, 6) is -0.927. The molecule has 0 aliphatic rings. The maximum atomic E-state index is 12.8. The first-order valence-electron chi connectivity index (χ1n) is 26.4. The van der Waals surface area contributed by atoms with E-state index in [0.29, 0.717) is 19.3 Å². The third-order valence-corrected chi connectivity index (χ3v) is 11.2. The van der Waals surface area contributed by atoms with Gasteiger partial charge in [-0.2, -0.15) is 0 Å². The molecule has 0 amide bonds. The van der Waals surface area contributed by atoms with E-state index in [1.165, 1.54) is 109 Å². The number of hydrogen-bond donors (Lipinski definition) is 0. The van der Waals surface area contributed by atoms with Crippen molar-refractivity contribution in [3.05, 3.63) is 72.9 Å². The number of allylic oxidation sites excluding steroid dienone is 12. The van der Waals surface area contributed by atoms with Gasteiger partial charge in [0.1, 0.15) is 13.2 Å². The highest BCUT2D eigenvalue weighted by molar-refractivity contribution is 5.71. The molecule has 0 aromatic carbocycles. The summed E-state index contributed by atoms with van der Waals surface area (Å²) in [5.41, 5.74) is 0. The topological polar surface area (TPSA) is 78.9 Å². The molecular weight excluding hydrogens is 781 g/mol. The summed E-state index contributed by atoms with van der Waals surface area (Å²) in [6.07, 6.45) is 64.5. The molecule has 0 rings (SSSR count). The third kappa shape index (κ3) is 49.7. The lowest BCUT2D eigenvalue weighted by Crippen LogP contribution is -2.30. The number of unbranched alkanes of at least 4 members (excludes halogenated alkanes) is 24. The number of ether oxygens (including phenoxy) is 3. The van der Waals surface area contributed by atoms with E-state index in [2.05, 4.69) is 93.7 Å². The fraction of sp³-hybridized carbons (Fsp3) is 0.737. The molecule has 0 radical (unpaired) electrons. The van der Waals surface area contributed by atoms with E-state index in [-0.39, 0.29) is 31.1 Å². The molecule has 0 fully saturated rings. The van der Waals surface area contributed by atoms with Crippen LogP contribution in [0.5, 0.6) is 0 Å². The van der Waals surface area contributed by atoms with Gasteiger partial charge in [-0.05, 0) is 89.9 Å². The fourth-order valence-corrected chi connectivity index (χ4v) is 7.23. The molecular formula is C57H98O6. The number of esters is 3. The van der Waals surface area contributed by atoms with Gasteiger partial charge in [0.15, 0.2) is 6.10 Å². The predicted octanol–water partition coefficient (Wildman–Crippen LogP) is 17.4. The van der Waals surface area contributed by atoms with Gasteiger partial charge in [0, 0.05) is 19.3 Å². The molecule has 0 unspecified atom stereocenters. The zero-order valence-corrected chi connectivity index (χ0v) is 41.3. The second kappa shape index (κ2) is 51.5. The maximum absolute atomic E-state index is 12.8. The van der Waals surface area contributed by atoms with Crippen LogP contribution >= 0.6 is 0 Å². The lowest BCUT2D eigenvalue weighted by Gasteiger charge is -2.18. The van der Waals surface area contributed by atoms with Crippen molar-refractivity contribution in [2.24, 2.45) is 0 Å². The summed E-state index contributed by atoms with van der Waals surface area (Å²) in [4.78, 5) is 38.0. The highest BCUT2D eigenvalue weighted by Crippen LogP contribution is 2.14. The van der Waals surface area contributed by atoms with Crippen LogP contribution in [0.1, 0.15) is 252 Å². The molecule has 0 saturated heterocycles. The van der Waals surface area contributed by atoms with Gasteiger partial charge in [0.2, 0.25) is 0 Å². The lowest BCUT2D eigenvalue weighted by molar-refractivity contribution is -0.167. The van der Waals surface area contributed by atoms with Crippen molar-refractivity contribution >= 4 is 17.9 Å². The summed E-state index contributed by atoms with van der Waals surface area (Å²) >= 11 is 0. The monoisotopic (exact) mass is 879 g/mol. The second-order valence-electron chi connectivity index (χ2n) is 17.4. The largest absolute Gasteiger partial charge is 0.462 e. The van der Waals surface area contributed by atoms with Gasteiger partial charge < -0.3 is 14.2 Å². The van der Waals surface area contributed by atoms with Crippen LogP contribution in [0.3, 0.4) is 0 Å². The Bertz CT molecular complexity index is 1190. The molecule has 63 heavy (non-hydrogen) atoms. The van der Waals surface area contributed by atoms with Gasteiger partial charge in [-0.25, -0.2) is 0 Å². The number of carbonyl (C=O) groups excluding carboxylic acids is 3. The molecule has 0 aliphatic heterocycles. The van der Waals surface area contributed by atoms with Crippen LogP contribution in [-0.2, 0) is 28.6 Å². The first kappa shape index (κ1) is 59.9. The van der Waals surface area contributed by atoms with Crippen molar-refractivity contribution < 1.29 is 28.6 Å². The molecule has 0 saturated carbocycles. The Kier molecular flexibility index (Phi) is 48.9. The minimum absolute atomic E-state index is 0.0889. The summed E-state index contributed by atoms with van der Waals surface area (Å²) in [6, 6.07) is 0. The molecule has 0 spiro atoms. The van der Waals surface area contributed by atoms with E-state index in [0.717, 1.165) is 103 Å². The van der Waals surface area contributed by atoms with E-state index >= 15 is 0 Å². The van der Waals surface area contributed by atoms with E-state index in [1.807, 2.05) is 0 Å². The third-order valence-electron chi connectivity index (χ3n) is 11.2. The quantitative estimate of drug-likeness (QED) is 0.0262. The summed E-state index contributed by atoms with van der Waals surface area (Å²) in [5, 5.41) is 0. The van der Waals surface area contributed by atoms with Crippen LogP contribution in [0.2, 0.25) is 0 Å². The molecule has 0 aromatic heterocycles. The van der Waals surface area contributed by atoms with Crippen molar-refractivity contribution in [2.45, 2.75) is 258 Å². The van der Waals surface area contributed by atoms with Crippen molar-refractivity contribution in [3.63, 3.8) is 0 Å². The van der Waals surface area contributed by atoms with Crippen LogP contribution < -0.4 is 0 Å². The Morgan fingerprint density at radius 2 is 0.619 bits per heavy atom. The van der Waals surface area contributed by atoms with Crippen molar-refractivity contribution in [1.82, 2.24) is 0 Å². The molecule has 0 N–H and O–H groups in total. The first-order valence-corrected chi connectivity index (χ1v) is 26.4. The van der Waals surface area contributed by atoms with Crippen molar-refractivity contribution in [1.29, 1.82) is 0 Å². The lowest BCUT2D eigenvalue weighted by atomic mass is 10.1. The van der Waals surface area contributed by atoms with E-state index in [1.54, 1.807) is 0 Å². The SMILES string of the molecule is CC/C=C\C/C=C\C/C=C\C/C=C\C/C=C\CCCCCC(=O)OC[C@H](COC(=O)CCCCCCC/C=C\CCCCCCCC)OC(=O)CCCCCCCCCCCCC. The molecule has 1 atom stereocenters.